The van der Waals surface area contributed by atoms with Crippen LogP contribution in [0.15, 0.2) is 34.7 Å². The SMILES string of the molecule is COc1cccc2c(=O)n(C[C@@H](C)c3nc(C)cs3)cnc12. The topological polar surface area (TPSA) is 57.0 Å². The highest BCUT2D eigenvalue weighted by atomic mass is 32.1. The molecule has 0 N–H and O–H groups in total. The summed E-state index contributed by atoms with van der Waals surface area (Å²) in [6, 6.07) is 5.39. The molecule has 0 radical (unpaired) electrons. The van der Waals surface area contributed by atoms with E-state index in [-0.39, 0.29) is 11.5 Å². The molecule has 2 aromatic heterocycles. The predicted octanol–water partition coefficient (Wildman–Crippen LogP) is 2.97. The summed E-state index contributed by atoms with van der Waals surface area (Å²) < 4.78 is 6.90. The highest BCUT2D eigenvalue weighted by molar-refractivity contribution is 7.09. The highest BCUT2D eigenvalue weighted by Crippen LogP contribution is 2.23. The Hall–Kier alpha value is -2.21. The first-order valence-corrected chi connectivity index (χ1v) is 7.92. The van der Waals surface area contributed by atoms with Crippen molar-refractivity contribution in [3.63, 3.8) is 0 Å². The molecule has 0 aliphatic rings. The minimum atomic E-state index is -0.0518. The number of methoxy groups -OCH3 is 1. The van der Waals surface area contributed by atoms with E-state index in [9.17, 15) is 4.79 Å². The summed E-state index contributed by atoms with van der Waals surface area (Å²) in [5.74, 6) is 0.784. The summed E-state index contributed by atoms with van der Waals surface area (Å²) in [6.45, 7) is 4.61. The summed E-state index contributed by atoms with van der Waals surface area (Å²) in [4.78, 5) is 21.5. The van der Waals surface area contributed by atoms with Crippen molar-refractivity contribution in [2.75, 3.05) is 7.11 Å². The normalized spacial score (nSPS) is 12.5. The van der Waals surface area contributed by atoms with Crippen molar-refractivity contribution in [2.24, 2.45) is 0 Å². The zero-order chi connectivity index (χ0) is 15.7. The zero-order valence-corrected chi connectivity index (χ0v) is 13.6. The van der Waals surface area contributed by atoms with Crippen LogP contribution in [-0.4, -0.2) is 21.6 Å². The maximum absolute atomic E-state index is 12.6. The minimum absolute atomic E-state index is 0.0518. The van der Waals surface area contributed by atoms with E-state index in [0.29, 0.717) is 23.2 Å². The summed E-state index contributed by atoms with van der Waals surface area (Å²) in [7, 11) is 1.58. The molecule has 6 heteroatoms. The molecule has 0 aliphatic carbocycles. The molecule has 0 spiro atoms. The molecule has 0 fully saturated rings. The Balaban J connectivity index is 1.98. The molecule has 3 rings (SSSR count). The van der Waals surface area contributed by atoms with Crippen molar-refractivity contribution >= 4 is 22.2 Å². The molecule has 0 unspecified atom stereocenters. The number of benzene rings is 1. The van der Waals surface area contributed by atoms with E-state index < -0.39 is 0 Å². The Bertz CT molecular complexity index is 869. The van der Waals surface area contributed by atoms with Crippen LogP contribution >= 0.6 is 11.3 Å². The van der Waals surface area contributed by atoms with Gasteiger partial charge in [0.25, 0.3) is 5.56 Å². The third kappa shape index (κ3) is 2.62. The maximum atomic E-state index is 12.6. The molecule has 1 aromatic carbocycles. The van der Waals surface area contributed by atoms with Crippen molar-refractivity contribution in [3.8, 4) is 5.75 Å². The quantitative estimate of drug-likeness (QED) is 0.743. The first-order valence-electron chi connectivity index (χ1n) is 7.04. The molecular weight excluding hydrogens is 298 g/mol. The second kappa shape index (κ2) is 5.88. The number of hydrogen-bond acceptors (Lipinski definition) is 5. The minimum Gasteiger partial charge on any atom is -0.494 e. The molecule has 0 saturated carbocycles. The van der Waals surface area contributed by atoms with Gasteiger partial charge in [-0.15, -0.1) is 11.3 Å². The molecule has 0 aliphatic heterocycles. The van der Waals surface area contributed by atoms with Gasteiger partial charge in [-0.3, -0.25) is 9.36 Å². The average Bonchev–Trinajstić information content (AvgIpc) is 2.96. The number of thiazole rings is 1. The lowest BCUT2D eigenvalue weighted by molar-refractivity contribution is 0.418. The summed E-state index contributed by atoms with van der Waals surface area (Å²) in [6.07, 6.45) is 1.59. The molecule has 2 heterocycles. The van der Waals surface area contributed by atoms with Crippen LogP contribution in [0.3, 0.4) is 0 Å². The molecule has 0 saturated heterocycles. The van der Waals surface area contributed by atoms with Crippen molar-refractivity contribution in [2.45, 2.75) is 26.3 Å². The predicted molar refractivity (Wildman–Crippen MR) is 87.8 cm³/mol. The van der Waals surface area contributed by atoms with Gasteiger partial charge < -0.3 is 4.74 Å². The van der Waals surface area contributed by atoms with Crippen LogP contribution in [0.2, 0.25) is 0 Å². The molecule has 0 bridgehead atoms. The monoisotopic (exact) mass is 315 g/mol. The van der Waals surface area contributed by atoms with Gasteiger partial charge in [-0.05, 0) is 19.1 Å². The van der Waals surface area contributed by atoms with Gasteiger partial charge in [0.1, 0.15) is 11.3 Å². The smallest absolute Gasteiger partial charge is 0.261 e. The summed E-state index contributed by atoms with van der Waals surface area (Å²) >= 11 is 1.63. The van der Waals surface area contributed by atoms with Gasteiger partial charge in [-0.25, -0.2) is 9.97 Å². The molecule has 1 atom stereocenters. The van der Waals surface area contributed by atoms with Gasteiger partial charge in [-0.2, -0.15) is 0 Å². The molecule has 5 nitrogen and oxygen atoms in total. The van der Waals surface area contributed by atoms with E-state index in [0.717, 1.165) is 10.7 Å². The van der Waals surface area contributed by atoms with Crippen LogP contribution in [-0.2, 0) is 6.54 Å². The molecule has 114 valence electrons. The molecular formula is C16H17N3O2S. The number of rotatable bonds is 4. The lowest BCUT2D eigenvalue weighted by Gasteiger charge is -2.12. The number of aryl methyl sites for hydroxylation is 1. The molecule has 0 amide bonds. The van der Waals surface area contributed by atoms with E-state index >= 15 is 0 Å². The van der Waals surface area contributed by atoms with Gasteiger partial charge in [0.2, 0.25) is 0 Å². The number of para-hydroxylation sites is 1. The van der Waals surface area contributed by atoms with Crippen LogP contribution in [0.5, 0.6) is 5.75 Å². The standard InChI is InChI=1S/C16H17N3O2S/c1-10(15-18-11(2)8-22-15)7-19-9-17-14-12(16(19)20)5-4-6-13(14)21-3/h4-6,8-10H,7H2,1-3H3/t10-/m1/s1. The van der Waals surface area contributed by atoms with Crippen LogP contribution in [0.1, 0.15) is 23.5 Å². The average molecular weight is 315 g/mol. The van der Waals surface area contributed by atoms with E-state index in [1.165, 1.54) is 0 Å². The Morgan fingerprint density at radius 3 is 2.91 bits per heavy atom. The van der Waals surface area contributed by atoms with Crippen molar-refractivity contribution < 1.29 is 4.74 Å². The Kier molecular flexibility index (Phi) is 3.94. The van der Waals surface area contributed by atoms with E-state index in [1.807, 2.05) is 18.4 Å². The van der Waals surface area contributed by atoms with Gasteiger partial charge in [0.15, 0.2) is 0 Å². The number of hydrogen-bond donors (Lipinski definition) is 0. The van der Waals surface area contributed by atoms with Crippen molar-refractivity contribution in [3.05, 3.63) is 51.0 Å². The number of ether oxygens (including phenoxy) is 1. The van der Waals surface area contributed by atoms with E-state index in [4.69, 9.17) is 4.74 Å². The summed E-state index contributed by atoms with van der Waals surface area (Å²) in [5.41, 5.74) is 1.56. The second-order valence-corrected chi connectivity index (χ2v) is 6.18. The van der Waals surface area contributed by atoms with Crippen molar-refractivity contribution in [1.29, 1.82) is 0 Å². The fourth-order valence-electron chi connectivity index (χ4n) is 2.43. The van der Waals surface area contributed by atoms with Crippen molar-refractivity contribution in [1.82, 2.24) is 14.5 Å². The van der Waals surface area contributed by atoms with Gasteiger partial charge in [-0.1, -0.05) is 13.0 Å². The lowest BCUT2D eigenvalue weighted by atomic mass is 10.2. The fraction of sp³-hybridized carbons (Fsp3) is 0.312. The van der Waals surface area contributed by atoms with Gasteiger partial charge in [0, 0.05) is 23.5 Å². The second-order valence-electron chi connectivity index (χ2n) is 5.29. The van der Waals surface area contributed by atoms with Crippen LogP contribution < -0.4 is 10.3 Å². The third-order valence-corrected chi connectivity index (χ3v) is 4.76. The highest BCUT2D eigenvalue weighted by Gasteiger charge is 2.13. The largest absolute Gasteiger partial charge is 0.494 e. The van der Waals surface area contributed by atoms with Crippen LogP contribution in [0.4, 0.5) is 0 Å². The van der Waals surface area contributed by atoms with E-state index in [2.05, 4.69) is 16.9 Å². The Morgan fingerprint density at radius 2 is 2.23 bits per heavy atom. The fourth-order valence-corrected chi connectivity index (χ4v) is 3.28. The first-order chi connectivity index (χ1) is 10.6. The maximum Gasteiger partial charge on any atom is 0.261 e. The number of fused-ring (bicyclic) bond motifs is 1. The molecule has 3 aromatic rings. The van der Waals surface area contributed by atoms with Crippen LogP contribution in [0, 0.1) is 6.92 Å². The van der Waals surface area contributed by atoms with Gasteiger partial charge in [0.05, 0.1) is 23.8 Å². The van der Waals surface area contributed by atoms with Crippen LogP contribution in [0.25, 0.3) is 10.9 Å². The van der Waals surface area contributed by atoms with E-state index in [1.54, 1.807) is 41.5 Å². The number of nitrogens with zero attached hydrogens (tertiary/aromatic N) is 3. The zero-order valence-electron chi connectivity index (χ0n) is 12.7. The Morgan fingerprint density at radius 1 is 1.41 bits per heavy atom. The van der Waals surface area contributed by atoms with Gasteiger partial charge >= 0.3 is 0 Å². The third-order valence-electron chi connectivity index (χ3n) is 3.57. The number of aromatic nitrogens is 3. The first kappa shape index (κ1) is 14.7. The molecule has 22 heavy (non-hydrogen) atoms. The Labute approximate surface area is 132 Å². The summed E-state index contributed by atoms with van der Waals surface area (Å²) in [5, 5.41) is 3.64. The lowest BCUT2D eigenvalue weighted by Crippen LogP contribution is -2.23.